The molecule has 0 spiro atoms. The van der Waals surface area contributed by atoms with E-state index in [-0.39, 0.29) is 0 Å². The Morgan fingerprint density at radius 2 is 1.30 bits per heavy atom. The minimum Gasteiger partial charge on any atom is -0.413 e. The molecule has 6 heteroatoms. The summed E-state index contributed by atoms with van der Waals surface area (Å²) in [5, 5.41) is 0. The quantitative estimate of drug-likeness (QED) is 0.545. The maximum atomic E-state index is 13.2. The second-order valence-corrected chi connectivity index (χ2v) is 10.1. The van der Waals surface area contributed by atoms with E-state index in [0.29, 0.717) is 16.4 Å². The molecule has 0 atom stereocenters. The summed E-state index contributed by atoms with van der Waals surface area (Å²) in [5.74, 6) is 2.19. The molecule has 0 radical (unpaired) electrons. The highest BCUT2D eigenvalue weighted by molar-refractivity contribution is 8.05. The number of benzene rings is 2. The van der Waals surface area contributed by atoms with E-state index in [4.69, 9.17) is 9.05 Å². The summed E-state index contributed by atoms with van der Waals surface area (Å²) >= 11 is 0. The van der Waals surface area contributed by atoms with Gasteiger partial charge in [-0.2, -0.15) is 0 Å². The average Bonchev–Trinajstić information content (AvgIpc) is 2.47. The number of rotatable bonds is 6. The standard InChI is InChI=1S/C17H20O4PS/c1-15(23(2,3)19)14-22(18,20-16-10-6-4-7-11-16)21-17-12-8-5-9-13-17/h4-14H,1-3H3/q+1/b15-14+. The summed E-state index contributed by atoms with van der Waals surface area (Å²) < 4.78 is 36.5. The Morgan fingerprint density at radius 1 is 0.913 bits per heavy atom. The zero-order chi connectivity index (χ0) is 16.9. The van der Waals surface area contributed by atoms with Gasteiger partial charge in [0.25, 0.3) is 0 Å². The SMILES string of the molecule is C/C(=C\P(=O)(Oc1ccccc1)Oc1ccccc1)[S+](C)(C)=O. The van der Waals surface area contributed by atoms with Crippen LogP contribution >= 0.6 is 7.60 Å². The fourth-order valence-electron chi connectivity index (χ4n) is 1.68. The van der Waals surface area contributed by atoms with E-state index in [2.05, 4.69) is 0 Å². The number of hydrogen-bond donors (Lipinski definition) is 0. The van der Waals surface area contributed by atoms with E-state index in [1.165, 1.54) is 5.82 Å². The van der Waals surface area contributed by atoms with E-state index in [1.54, 1.807) is 68.0 Å². The van der Waals surface area contributed by atoms with Gasteiger partial charge in [0.05, 0.1) is 0 Å². The Morgan fingerprint density at radius 3 is 1.65 bits per heavy atom. The van der Waals surface area contributed by atoms with Crippen LogP contribution in [-0.2, 0) is 18.7 Å². The predicted molar refractivity (Wildman–Crippen MR) is 95.4 cm³/mol. The summed E-state index contributed by atoms with van der Waals surface area (Å²) in [6.45, 7) is 1.66. The predicted octanol–water partition coefficient (Wildman–Crippen LogP) is 4.96. The molecule has 2 aromatic carbocycles. The van der Waals surface area contributed by atoms with Crippen molar-refractivity contribution in [3.8, 4) is 11.5 Å². The van der Waals surface area contributed by atoms with Gasteiger partial charge in [-0.05, 0) is 24.3 Å². The van der Waals surface area contributed by atoms with Crippen LogP contribution in [0.5, 0.6) is 11.5 Å². The van der Waals surface area contributed by atoms with Crippen molar-refractivity contribution in [1.82, 2.24) is 0 Å². The summed E-state index contributed by atoms with van der Waals surface area (Å²) in [5.41, 5.74) is 0. The molecule has 0 fully saturated rings. The molecule has 0 bridgehead atoms. The van der Waals surface area contributed by atoms with Gasteiger partial charge >= 0.3 is 7.60 Å². The monoisotopic (exact) mass is 351 g/mol. The molecular weight excluding hydrogens is 331 g/mol. The lowest BCUT2D eigenvalue weighted by atomic mass is 10.3. The van der Waals surface area contributed by atoms with Gasteiger partial charge in [-0.25, -0.2) is 4.57 Å². The molecule has 0 saturated carbocycles. The first-order valence-corrected chi connectivity index (χ1v) is 11.0. The third-order valence-corrected chi connectivity index (χ3v) is 6.54. The summed E-state index contributed by atoms with van der Waals surface area (Å²) in [6, 6.07) is 17.6. The van der Waals surface area contributed by atoms with Crippen LogP contribution in [0, 0.1) is 0 Å². The lowest BCUT2D eigenvalue weighted by Crippen LogP contribution is -2.07. The molecule has 0 aliphatic carbocycles. The van der Waals surface area contributed by atoms with Gasteiger partial charge in [-0.1, -0.05) is 36.4 Å². The van der Waals surface area contributed by atoms with Crippen molar-refractivity contribution in [3.63, 3.8) is 0 Å². The van der Waals surface area contributed by atoms with Crippen LogP contribution in [0.3, 0.4) is 0 Å². The van der Waals surface area contributed by atoms with Gasteiger partial charge in [-0.3, -0.25) is 0 Å². The van der Waals surface area contributed by atoms with Crippen molar-refractivity contribution in [1.29, 1.82) is 0 Å². The third-order valence-electron chi connectivity index (χ3n) is 3.07. The van der Waals surface area contributed by atoms with Crippen LogP contribution in [0.2, 0.25) is 0 Å². The molecule has 0 saturated heterocycles. The van der Waals surface area contributed by atoms with E-state index in [0.717, 1.165) is 0 Å². The molecule has 0 aromatic heterocycles. The van der Waals surface area contributed by atoms with Crippen LogP contribution in [-0.4, -0.2) is 12.5 Å². The zero-order valence-corrected chi connectivity index (χ0v) is 15.1. The molecule has 0 amide bonds. The lowest BCUT2D eigenvalue weighted by Gasteiger charge is -2.17. The van der Waals surface area contributed by atoms with Crippen molar-refractivity contribution in [2.45, 2.75) is 6.92 Å². The number of allylic oxidation sites excluding steroid dienone is 1. The van der Waals surface area contributed by atoms with E-state index in [9.17, 15) is 8.77 Å². The minimum atomic E-state index is -3.66. The first-order chi connectivity index (χ1) is 10.8. The van der Waals surface area contributed by atoms with Crippen molar-refractivity contribution >= 4 is 17.5 Å². The summed E-state index contributed by atoms with van der Waals surface area (Å²) in [4.78, 5) is 0.479. The van der Waals surface area contributed by atoms with Gasteiger partial charge in [0.15, 0.2) is 0 Å². The van der Waals surface area contributed by atoms with E-state index in [1.807, 2.05) is 12.1 Å². The molecule has 2 aromatic rings. The maximum Gasteiger partial charge on any atom is 0.460 e. The van der Waals surface area contributed by atoms with E-state index < -0.39 is 17.5 Å². The molecule has 0 aliphatic heterocycles. The zero-order valence-electron chi connectivity index (χ0n) is 13.3. The topological polar surface area (TPSA) is 52.6 Å². The van der Waals surface area contributed by atoms with Crippen molar-refractivity contribution in [2.24, 2.45) is 0 Å². The molecule has 0 N–H and O–H groups in total. The second kappa shape index (κ2) is 7.16. The molecule has 0 unspecified atom stereocenters. The van der Waals surface area contributed by atoms with E-state index >= 15 is 0 Å². The van der Waals surface area contributed by atoms with Crippen LogP contribution in [0.25, 0.3) is 0 Å². The van der Waals surface area contributed by atoms with Crippen LogP contribution in [0.4, 0.5) is 0 Å². The van der Waals surface area contributed by atoms with Crippen LogP contribution < -0.4 is 9.05 Å². The van der Waals surface area contributed by atoms with Gasteiger partial charge in [0, 0.05) is 6.92 Å². The smallest absolute Gasteiger partial charge is 0.413 e. The molecule has 0 aliphatic rings. The second-order valence-electron chi connectivity index (χ2n) is 5.32. The fourth-order valence-corrected chi connectivity index (χ4v) is 4.50. The summed E-state index contributed by atoms with van der Waals surface area (Å²) in [7, 11) is -5.90. The molecule has 23 heavy (non-hydrogen) atoms. The minimum absolute atomic E-state index is 0.425. The number of para-hydroxylation sites is 2. The highest BCUT2D eigenvalue weighted by atomic mass is 32.2. The van der Waals surface area contributed by atoms with Crippen LogP contribution in [0.1, 0.15) is 6.92 Å². The first kappa shape index (κ1) is 17.5. The first-order valence-electron chi connectivity index (χ1n) is 7.01. The van der Waals surface area contributed by atoms with Gasteiger partial charge in [0.1, 0.15) is 44.7 Å². The Bertz CT molecular complexity index is 720. The molecule has 4 nitrogen and oxygen atoms in total. The number of hydrogen-bond acceptors (Lipinski definition) is 4. The van der Waals surface area contributed by atoms with Crippen molar-refractivity contribution < 1.29 is 17.8 Å². The average molecular weight is 351 g/mol. The largest absolute Gasteiger partial charge is 0.460 e. The Labute approximate surface area is 138 Å². The highest BCUT2D eigenvalue weighted by Crippen LogP contribution is 2.51. The van der Waals surface area contributed by atoms with Crippen molar-refractivity contribution in [3.05, 3.63) is 71.4 Å². The van der Waals surface area contributed by atoms with Gasteiger partial charge < -0.3 is 9.05 Å². The molecule has 122 valence electrons. The van der Waals surface area contributed by atoms with Crippen molar-refractivity contribution in [2.75, 3.05) is 12.5 Å². The van der Waals surface area contributed by atoms with Gasteiger partial charge in [-0.15, -0.1) is 4.21 Å². The molecule has 0 heterocycles. The summed E-state index contributed by atoms with van der Waals surface area (Å²) in [6.07, 6.45) is 3.18. The van der Waals surface area contributed by atoms with Gasteiger partial charge in [0.2, 0.25) is 0 Å². The Hall–Kier alpha value is -1.84. The third kappa shape index (κ3) is 5.38. The normalized spacial score (nSPS) is 12.7. The lowest BCUT2D eigenvalue weighted by molar-refractivity contribution is 0.398. The maximum absolute atomic E-state index is 13.2. The Balaban J connectivity index is 2.38. The molecular formula is C17H20O4PS+. The molecule has 2 rings (SSSR count). The van der Waals surface area contributed by atoms with Crippen LogP contribution in [0.15, 0.2) is 71.4 Å². The highest BCUT2D eigenvalue weighted by Gasteiger charge is 2.30. The Kier molecular flexibility index (Phi) is 5.45. The fraction of sp³-hybridized carbons (Fsp3) is 0.176.